The summed E-state index contributed by atoms with van der Waals surface area (Å²) in [6, 6.07) is 4.95. The van der Waals surface area contributed by atoms with Crippen molar-refractivity contribution in [3.63, 3.8) is 0 Å². The lowest BCUT2D eigenvalue weighted by atomic mass is 10.4. The van der Waals surface area contributed by atoms with Gasteiger partial charge in [0.1, 0.15) is 0 Å². The van der Waals surface area contributed by atoms with Crippen LogP contribution in [0.4, 0.5) is 0 Å². The summed E-state index contributed by atoms with van der Waals surface area (Å²) >= 11 is 0. The minimum absolute atomic E-state index is 0.0619. The molecule has 1 fully saturated rings. The maximum Gasteiger partial charge on any atom is 0.240 e. The molecule has 2 rings (SSSR count). The molecule has 0 amide bonds. The highest BCUT2D eigenvalue weighted by Crippen LogP contribution is 2.30. The van der Waals surface area contributed by atoms with Gasteiger partial charge < -0.3 is 0 Å². The van der Waals surface area contributed by atoms with E-state index in [0.29, 0.717) is 5.92 Å². The number of sulfonamides is 2. The van der Waals surface area contributed by atoms with E-state index in [4.69, 9.17) is 5.14 Å². The minimum Gasteiger partial charge on any atom is -0.225 e. The predicted molar refractivity (Wildman–Crippen MR) is 65.7 cm³/mol. The van der Waals surface area contributed by atoms with Crippen LogP contribution in [-0.4, -0.2) is 22.9 Å². The van der Waals surface area contributed by atoms with Gasteiger partial charge in [-0.15, -0.1) is 0 Å². The third-order valence-corrected chi connectivity index (χ3v) is 5.26. The molecule has 0 spiro atoms. The molecule has 1 aromatic rings. The van der Waals surface area contributed by atoms with Gasteiger partial charge in [-0.1, -0.05) is 13.0 Å². The van der Waals surface area contributed by atoms with Crippen LogP contribution >= 0.6 is 0 Å². The monoisotopic (exact) mass is 290 g/mol. The molecule has 1 aliphatic rings. The van der Waals surface area contributed by atoms with E-state index in [1.165, 1.54) is 18.2 Å². The Bertz CT molecular complexity index is 667. The van der Waals surface area contributed by atoms with Crippen molar-refractivity contribution in [1.82, 2.24) is 4.72 Å². The highest BCUT2D eigenvalue weighted by atomic mass is 32.2. The number of benzene rings is 1. The standard InChI is InChI=1S/C10H14N2O4S2/c1-7-5-10(7)12-18(15,16)9-4-2-3-8(6-9)17(11,13)14/h2-4,6-7,10,12H,5H2,1H3,(H2,11,13,14). The summed E-state index contributed by atoms with van der Waals surface area (Å²) in [4.78, 5) is -0.303. The summed E-state index contributed by atoms with van der Waals surface area (Å²) in [6.07, 6.45) is 0.800. The van der Waals surface area contributed by atoms with Crippen LogP contribution in [0.2, 0.25) is 0 Å². The first-order chi connectivity index (χ1) is 8.20. The quantitative estimate of drug-likeness (QED) is 0.815. The third kappa shape index (κ3) is 2.89. The second-order valence-electron chi connectivity index (χ2n) is 4.46. The Morgan fingerprint density at radius 3 is 2.28 bits per heavy atom. The Kier molecular flexibility index (Phi) is 3.22. The Labute approximate surface area is 106 Å². The zero-order valence-electron chi connectivity index (χ0n) is 9.70. The summed E-state index contributed by atoms with van der Waals surface area (Å²) < 4.78 is 48.8. The van der Waals surface area contributed by atoms with Crippen molar-refractivity contribution >= 4 is 20.0 Å². The molecule has 0 bridgehead atoms. The molecule has 0 aromatic heterocycles. The van der Waals surface area contributed by atoms with Crippen LogP contribution in [0, 0.1) is 5.92 Å². The Morgan fingerprint density at radius 2 is 1.78 bits per heavy atom. The average Bonchev–Trinajstić information content (AvgIpc) is 2.92. The molecular weight excluding hydrogens is 276 g/mol. The molecule has 1 saturated carbocycles. The first kappa shape index (κ1) is 13.5. The van der Waals surface area contributed by atoms with E-state index >= 15 is 0 Å². The van der Waals surface area contributed by atoms with Crippen LogP contribution in [-0.2, 0) is 20.0 Å². The van der Waals surface area contributed by atoms with Crippen molar-refractivity contribution in [3.05, 3.63) is 24.3 Å². The average molecular weight is 290 g/mol. The first-order valence-corrected chi connectivity index (χ1v) is 8.38. The molecule has 1 aliphatic carbocycles. The van der Waals surface area contributed by atoms with E-state index in [1.807, 2.05) is 6.92 Å². The van der Waals surface area contributed by atoms with Crippen molar-refractivity contribution in [2.24, 2.45) is 11.1 Å². The van der Waals surface area contributed by atoms with E-state index in [0.717, 1.165) is 12.5 Å². The van der Waals surface area contributed by atoms with Gasteiger partial charge in [0, 0.05) is 6.04 Å². The van der Waals surface area contributed by atoms with Gasteiger partial charge in [-0.05, 0) is 30.5 Å². The number of nitrogens with two attached hydrogens (primary N) is 1. The fourth-order valence-electron chi connectivity index (χ4n) is 1.57. The van der Waals surface area contributed by atoms with Crippen molar-refractivity contribution in [3.8, 4) is 0 Å². The molecule has 2 unspecified atom stereocenters. The summed E-state index contributed by atoms with van der Waals surface area (Å²) in [6.45, 7) is 1.94. The Hall–Kier alpha value is -0.960. The zero-order valence-corrected chi connectivity index (χ0v) is 11.3. The van der Waals surface area contributed by atoms with Crippen LogP contribution in [0.5, 0.6) is 0 Å². The molecule has 6 nitrogen and oxygen atoms in total. The fraction of sp³-hybridized carbons (Fsp3) is 0.400. The molecule has 0 aliphatic heterocycles. The van der Waals surface area contributed by atoms with Gasteiger partial charge in [-0.2, -0.15) is 0 Å². The highest BCUT2D eigenvalue weighted by Gasteiger charge is 2.36. The van der Waals surface area contributed by atoms with Gasteiger partial charge in [0.2, 0.25) is 20.0 Å². The highest BCUT2D eigenvalue weighted by molar-refractivity contribution is 7.90. The van der Waals surface area contributed by atoms with E-state index in [1.54, 1.807) is 0 Å². The molecule has 3 N–H and O–H groups in total. The number of nitrogens with one attached hydrogen (secondary N) is 1. The number of hydrogen-bond acceptors (Lipinski definition) is 4. The summed E-state index contributed by atoms with van der Waals surface area (Å²) in [5, 5.41) is 4.96. The molecular formula is C10H14N2O4S2. The first-order valence-electron chi connectivity index (χ1n) is 5.35. The second kappa shape index (κ2) is 4.30. The molecule has 0 saturated heterocycles. The van der Waals surface area contributed by atoms with E-state index in [2.05, 4.69) is 4.72 Å². The summed E-state index contributed by atoms with van der Waals surface area (Å²) in [5.74, 6) is 0.321. The zero-order chi connectivity index (χ0) is 13.6. The van der Waals surface area contributed by atoms with Crippen LogP contribution in [0.15, 0.2) is 34.1 Å². The van der Waals surface area contributed by atoms with Crippen molar-refractivity contribution in [2.45, 2.75) is 29.2 Å². The van der Waals surface area contributed by atoms with Gasteiger partial charge in [-0.25, -0.2) is 26.7 Å². The molecule has 18 heavy (non-hydrogen) atoms. The summed E-state index contributed by atoms with van der Waals surface area (Å²) in [7, 11) is -7.58. The Balaban J connectivity index is 2.33. The Morgan fingerprint density at radius 1 is 1.22 bits per heavy atom. The van der Waals surface area contributed by atoms with Crippen LogP contribution in [0.3, 0.4) is 0 Å². The lowest BCUT2D eigenvalue weighted by Gasteiger charge is -2.07. The van der Waals surface area contributed by atoms with Crippen molar-refractivity contribution in [2.75, 3.05) is 0 Å². The van der Waals surface area contributed by atoms with Gasteiger partial charge in [0.15, 0.2) is 0 Å². The SMILES string of the molecule is CC1CC1NS(=O)(=O)c1cccc(S(N)(=O)=O)c1. The van der Waals surface area contributed by atoms with E-state index < -0.39 is 20.0 Å². The molecule has 1 aromatic carbocycles. The van der Waals surface area contributed by atoms with E-state index in [9.17, 15) is 16.8 Å². The van der Waals surface area contributed by atoms with Crippen molar-refractivity contribution < 1.29 is 16.8 Å². The smallest absolute Gasteiger partial charge is 0.225 e. The molecule has 100 valence electrons. The van der Waals surface area contributed by atoms with E-state index in [-0.39, 0.29) is 15.8 Å². The maximum absolute atomic E-state index is 12.0. The fourth-order valence-corrected chi connectivity index (χ4v) is 3.61. The maximum atomic E-state index is 12.0. The predicted octanol–water partition coefficient (Wildman–Crippen LogP) is 0.0207. The molecule has 8 heteroatoms. The molecule has 2 atom stereocenters. The van der Waals surface area contributed by atoms with Gasteiger partial charge in [0.25, 0.3) is 0 Å². The summed E-state index contributed by atoms with van der Waals surface area (Å²) in [5.41, 5.74) is 0. The topological polar surface area (TPSA) is 106 Å². The number of hydrogen-bond donors (Lipinski definition) is 2. The minimum atomic E-state index is -3.90. The van der Waals surface area contributed by atoms with Gasteiger partial charge in [0.05, 0.1) is 9.79 Å². The largest absolute Gasteiger partial charge is 0.240 e. The normalized spacial score (nSPS) is 23.9. The van der Waals surface area contributed by atoms with Crippen LogP contribution in [0.25, 0.3) is 0 Å². The lowest BCUT2D eigenvalue weighted by Crippen LogP contribution is -2.27. The number of primary sulfonamides is 1. The third-order valence-electron chi connectivity index (χ3n) is 2.86. The second-order valence-corrected chi connectivity index (χ2v) is 7.74. The van der Waals surface area contributed by atoms with Gasteiger partial charge >= 0.3 is 0 Å². The molecule has 0 radical (unpaired) electrons. The van der Waals surface area contributed by atoms with Crippen LogP contribution < -0.4 is 9.86 Å². The van der Waals surface area contributed by atoms with Gasteiger partial charge in [-0.3, -0.25) is 0 Å². The van der Waals surface area contributed by atoms with Crippen LogP contribution in [0.1, 0.15) is 13.3 Å². The lowest BCUT2D eigenvalue weighted by molar-refractivity contribution is 0.578. The molecule has 0 heterocycles. The number of rotatable bonds is 4. The van der Waals surface area contributed by atoms with Crippen molar-refractivity contribution in [1.29, 1.82) is 0 Å².